The third-order valence-corrected chi connectivity index (χ3v) is 3.49. The number of aromatic amines is 1. The minimum absolute atomic E-state index is 0.000327. The van der Waals surface area contributed by atoms with Crippen molar-refractivity contribution < 1.29 is 4.79 Å². The van der Waals surface area contributed by atoms with Crippen molar-refractivity contribution in [2.45, 2.75) is 19.8 Å². The van der Waals surface area contributed by atoms with Crippen LogP contribution in [0.1, 0.15) is 17.7 Å². The van der Waals surface area contributed by atoms with Gasteiger partial charge >= 0.3 is 0 Å². The second-order valence-electron chi connectivity index (χ2n) is 4.09. The van der Waals surface area contributed by atoms with E-state index in [9.17, 15) is 4.79 Å². The second-order valence-corrected chi connectivity index (χ2v) is 4.94. The molecule has 0 aliphatic heterocycles. The van der Waals surface area contributed by atoms with Gasteiger partial charge in [-0.25, -0.2) is 4.98 Å². The summed E-state index contributed by atoms with van der Waals surface area (Å²) >= 11 is 3.44. The molecule has 94 valence electrons. The Hall–Kier alpha value is -1.62. The number of hydrogen-bond acceptors (Lipinski definition) is 2. The highest BCUT2D eigenvalue weighted by molar-refractivity contribution is 9.10. The fourth-order valence-corrected chi connectivity index (χ4v) is 1.94. The molecule has 0 atom stereocenters. The number of rotatable bonds is 4. The Morgan fingerprint density at radius 2 is 2.33 bits per heavy atom. The first-order valence-electron chi connectivity index (χ1n) is 5.68. The summed E-state index contributed by atoms with van der Waals surface area (Å²) in [5.74, 6) is 0.000327. The van der Waals surface area contributed by atoms with E-state index in [2.05, 4.69) is 31.2 Å². The molecule has 4 nitrogen and oxygen atoms in total. The predicted octanol–water partition coefficient (Wildman–Crippen LogP) is 3.05. The Bertz CT molecular complexity index is 537. The van der Waals surface area contributed by atoms with Crippen LogP contribution in [0.3, 0.4) is 0 Å². The third kappa shape index (κ3) is 3.43. The SMILES string of the molecule is Cc1ccc(NC(=O)CCc2cnc[nH]2)cc1Br. The first kappa shape index (κ1) is 12.8. The molecule has 0 unspecified atom stereocenters. The second kappa shape index (κ2) is 5.82. The van der Waals surface area contributed by atoms with Crippen LogP contribution in [-0.4, -0.2) is 15.9 Å². The number of aromatic nitrogens is 2. The highest BCUT2D eigenvalue weighted by atomic mass is 79.9. The van der Waals surface area contributed by atoms with Crippen molar-refractivity contribution in [2.24, 2.45) is 0 Å². The van der Waals surface area contributed by atoms with Crippen molar-refractivity contribution in [3.05, 3.63) is 46.5 Å². The van der Waals surface area contributed by atoms with Crippen molar-refractivity contribution in [3.63, 3.8) is 0 Å². The summed E-state index contributed by atoms with van der Waals surface area (Å²) in [7, 11) is 0. The molecule has 0 bridgehead atoms. The maximum atomic E-state index is 11.7. The molecule has 18 heavy (non-hydrogen) atoms. The maximum Gasteiger partial charge on any atom is 0.224 e. The van der Waals surface area contributed by atoms with Crippen molar-refractivity contribution in [2.75, 3.05) is 5.32 Å². The zero-order chi connectivity index (χ0) is 13.0. The molecule has 5 heteroatoms. The number of carbonyl (C=O) groups excluding carboxylic acids is 1. The monoisotopic (exact) mass is 307 g/mol. The summed E-state index contributed by atoms with van der Waals surface area (Å²) in [6.45, 7) is 2.01. The lowest BCUT2D eigenvalue weighted by Crippen LogP contribution is -2.12. The van der Waals surface area contributed by atoms with Crippen LogP contribution < -0.4 is 5.32 Å². The fraction of sp³-hybridized carbons (Fsp3) is 0.231. The largest absolute Gasteiger partial charge is 0.348 e. The average molecular weight is 308 g/mol. The van der Waals surface area contributed by atoms with Gasteiger partial charge in [-0.05, 0) is 31.0 Å². The summed E-state index contributed by atoms with van der Waals surface area (Å²) < 4.78 is 0.994. The van der Waals surface area contributed by atoms with E-state index in [-0.39, 0.29) is 5.91 Å². The first-order chi connectivity index (χ1) is 8.65. The topological polar surface area (TPSA) is 57.8 Å². The number of aryl methyl sites for hydroxylation is 2. The van der Waals surface area contributed by atoms with E-state index in [1.165, 1.54) is 0 Å². The number of imidazole rings is 1. The van der Waals surface area contributed by atoms with Gasteiger partial charge in [-0.3, -0.25) is 4.79 Å². The summed E-state index contributed by atoms with van der Waals surface area (Å²) in [6.07, 6.45) is 4.45. The quantitative estimate of drug-likeness (QED) is 0.912. The molecule has 1 aromatic heterocycles. The summed E-state index contributed by atoms with van der Waals surface area (Å²) in [4.78, 5) is 18.6. The van der Waals surface area contributed by atoms with E-state index in [1.807, 2.05) is 25.1 Å². The first-order valence-corrected chi connectivity index (χ1v) is 6.47. The third-order valence-electron chi connectivity index (χ3n) is 2.63. The zero-order valence-electron chi connectivity index (χ0n) is 10.0. The van der Waals surface area contributed by atoms with Crippen molar-refractivity contribution in [1.29, 1.82) is 0 Å². The van der Waals surface area contributed by atoms with Gasteiger partial charge in [0.15, 0.2) is 0 Å². The number of H-pyrrole nitrogens is 1. The number of amides is 1. The van der Waals surface area contributed by atoms with Gasteiger partial charge in [0, 0.05) is 28.5 Å². The van der Waals surface area contributed by atoms with Crippen LogP contribution in [0.5, 0.6) is 0 Å². The van der Waals surface area contributed by atoms with Gasteiger partial charge in [-0.1, -0.05) is 22.0 Å². The van der Waals surface area contributed by atoms with E-state index in [0.717, 1.165) is 21.4 Å². The molecule has 0 spiro atoms. The minimum Gasteiger partial charge on any atom is -0.348 e. The molecule has 2 N–H and O–H groups in total. The number of benzene rings is 1. The molecule has 0 aliphatic carbocycles. The van der Waals surface area contributed by atoms with Gasteiger partial charge in [0.1, 0.15) is 0 Å². The summed E-state index contributed by atoms with van der Waals surface area (Å²) in [5, 5.41) is 2.87. The fourth-order valence-electron chi connectivity index (χ4n) is 1.56. The van der Waals surface area contributed by atoms with Crippen molar-refractivity contribution >= 4 is 27.5 Å². The van der Waals surface area contributed by atoms with E-state index < -0.39 is 0 Å². The maximum absolute atomic E-state index is 11.7. The van der Waals surface area contributed by atoms with Gasteiger partial charge in [0.05, 0.1) is 6.33 Å². The Kier molecular flexibility index (Phi) is 4.15. The number of carbonyl (C=O) groups is 1. The van der Waals surface area contributed by atoms with Crippen LogP contribution >= 0.6 is 15.9 Å². The van der Waals surface area contributed by atoms with Gasteiger partial charge in [0.25, 0.3) is 0 Å². The van der Waals surface area contributed by atoms with E-state index in [1.54, 1.807) is 12.5 Å². The lowest BCUT2D eigenvalue weighted by Gasteiger charge is -2.06. The van der Waals surface area contributed by atoms with Crippen LogP contribution in [0.15, 0.2) is 35.2 Å². The highest BCUT2D eigenvalue weighted by Gasteiger charge is 2.05. The number of anilines is 1. The number of halogens is 1. The molecule has 0 fully saturated rings. The van der Waals surface area contributed by atoms with Gasteiger partial charge in [0.2, 0.25) is 5.91 Å². The van der Waals surface area contributed by atoms with Crippen LogP contribution in [-0.2, 0) is 11.2 Å². The van der Waals surface area contributed by atoms with Crippen LogP contribution in [0, 0.1) is 6.92 Å². The molecule has 1 aromatic carbocycles. The van der Waals surface area contributed by atoms with Crippen molar-refractivity contribution in [3.8, 4) is 0 Å². The minimum atomic E-state index is 0.000327. The molecular formula is C13H14BrN3O. The number of hydrogen-bond donors (Lipinski definition) is 2. The molecule has 1 heterocycles. The smallest absolute Gasteiger partial charge is 0.224 e. The van der Waals surface area contributed by atoms with Gasteiger partial charge < -0.3 is 10.3 Å². The van der Waals surface area contributed by atoms with E-state index in [0.29, 0.717) is 12.8 Å². The highest BCUT2D eigenvalue weighted by Crippen LogP contribution is 2.20. The molecule has 0 aliphatic rings. The standard InChI is InChI=1S/C13H14BrN3O/c1-9-2-3-10(6-12(9)14)17-13(18)5-4-11-7-15-8-16-11/h2-3,6-8H,4-5H2,1H3,(H,15,16)(H,17,18). The molecule has 0 saturated heterocycles. The predicted molar refractivity (Wildman–Crippen MR) is 74.4 cm³/mol. The van der Waals surface area contributed by atoms with Crippen LogP contribution in [0.2, 0.25) is 0 Å². The number of nitrogens with one attached hydrogen (secondary N) is 2. The summed E-state index contributed by atoms with van der Waals surface area (Å²) in [6, 6.07) is 5.77. The summed E-state index contributed by atoms with van der Waals surface area (Å²) in [5.41, 5.74) is 2.92. The molecule has 2 rings (SSSR count). The average Bonchev–Trinajstić information content (AvgIpc) is 2.84. The normalized spacial score (nSPS) is 10.3. The van der Waals surface area contributed by atoms with E-state index in [4.69, 9.17) is 0 Å². The van der Waals surface area contributed by atoms with Gasteiger partial charge in [-0.2, -0.15) is 0 Å². The Balaban J connectivity index is 1.88. The molecule has 0 radical (unpaired) electrons. The lowest BCUT2D eigenvalue weighted by molar-refractivity contribution is -0.116. The van der Waals surface area contributed by atoms with Crippen molar-refractivity contribution in [1.82, 2.24) is 9.97 Å². The van der Waals surface area contributed by atoms with Crippen LogP contribution in [0.4, 0.5) is 5.69 Å². The molecule has 0 saturated carbocycles. The van der Waals surface area contributed by atoms with E-state index >= 15 is 0 Å². The lowest BCUT2D eigenvalue weighted by atomic mass is 10.2. The Labute approximate surface area is 114 Å². The Morgan fingerprint density at radius 3 is 3.00 bits per heavy atom. The number of nitrogens with zero attached hydrogens (tertiary/aromatic N) is 1. The molecular weight excluding hydrogens is 294 g/mol. The van der Waals surface area contributed by atoms with Gasteiger partial charge in [-0.15, -0.1) is 0 Å². The molecule has 2 aromatic rings. The molecule has 1 amide bonds. The van der Waals surface area contributed by atoms with Crippen LogP contribution in [0.25, 0.3) is 0 Å². The Morgan fingerprint density at radius 1 is 1.50 bits per heavy atom. The zero-order valence-corrected chi connectivity index (χ0v) is 11.6.